The molecule has 3 heterocycles. The van der Waals surface area contributed by atoms with Crippen LogP contribution in [0.3, 0.4) is 0 Å². The number of nitrogens with zero attached hydrogens (tertiary/aromatic N) is 4. The molecule has 4 rings (SSSR count). The second-order valence-electron chi connectivity index (χ2n) is 7.14. The normalized spacial score (nSPS) is 22.4. The Balaban J connectivity index is 1.58. The third-order valence-electron chi connectivity index (χ3n) is 5.56. The lowest BCUT2D eigenvalue weighted by Gasteiger charge is -2.45. The summed E-state index contributed by atoms with van der Waals surface area (Å²) in [5.74, 6) is 0.197. The molecule has 0 aliphatic carbocycles. The Morgan fingerprint density at radius 2 is 1.80 bits per heavy atom. The predicted octanol–water partition coefficient (Wildman–Crippen LogP) is 0.497. The van der Waals surface area contributed by atoms with Gasteiger partial charge in [-0.1, -0.05) is 18.2 Å². The molecule has 1 amide bonds. The molecule has 0 radical (unpaired) electrons. The van der Waals surface area contributed by atoms with Crippen LogP contribution in [0.5, 0.6) is 0 Å². The zero-order valence-electron chi connectivity index (χ0n) is 14.8. The number of pyridine rings is 1. The summed E-state index contributed by atoms with van der Waals surface area (Å²) in [4.78, 5) is 31.5. The highest BCUT2D eigenvalue weighted by Gasteiger charge is 2.37. The molecule has 2 aliphatic rings. The van der Waals surface area contributed by atoms with Crippen LogP contribution in [0.25, 0.3) is 10.9 Å². The van der Waals surface area contributed by atoms with Crippen LogP contribution in [0.2, 0.25) is 0 Å². The van der Waals surface area contributed by atoms with E-state index >= 15 is 0 Å². The molecule has 0 unspecified atom stereocenters. The molecule has 2 saturated heterocycles. The molecule has 1 aromatic heterocycles. The maximum Gasteiger partial charge on any atom is 0.255 e. The van der Waals surface area contributed by atoms with E-state index in [1.165, 1.54) is 0 Å². The number of hydrogen-bond acceptors (Lipinski definition) is 4. The van der Waals surface area contributed by atoms with Gasteiger partial charge in [0.2, 0.25) is 5.91 Å². The fraction of sp³-hybridized carbons (Fsp3) is 0.474. The summed E-state index contributed by atoms with van der Waals surface area (Å²) in [5.41, 5.74) is 1.80. The molecule has 25 heavy (non-hydrogen) atoms. The highest BCUT2D eigenvalue weighted by Crippen LogP contribution is 2.18. The van der Waals surface area contributed by atoms with Crippen molar-refractivity contribution in [2.75, 3.05) is 39.8 Å². The zero-order chi connectivity index (χ0) is 17.6. The number of amides is 1. The lowest BCUT2D eigenvalue weighted by Crippen LogP contribution is -2.63. The first-order valence-corrected chi connectivity index (χ1v) is 8.83. The van der Waals surface area contributed by atoms with Gasteiger partial charge in [-0.15, -0.1) is 0 Å². The zero-order valence-corrected chi connectivity index (χ0v) is 14.8. The van der Waals surface area contributed by atoms with E-state index < -0.39 is 0 Å². The van der Waals surface area contributed by atoms with Crippen molar-refractivity contribution >= 4 is 16.8 Å². The molecule has 6 nitrogen and oxygen atoms in total. The second-order valence-corrected chi connectivity index (χ2v) is 7.14. The largest absolute Gasteiger partial charge is 0.343 e. The van der Waals surface area contributed by atoms with Gasteiger partial charge in [0.1, 0.15) is 6.04 Å². The molecule has 0 spiro atoms. The van der Waals surface area contributed by atoms with Crippen LogP contribution in [0, 0.1) is 0 Å². The number of aryl methyl sites for hydroxylation is 1. The number of aromatic nitrogens is 1. The summed E-state index contributed by atoms with van der Waals surface area (Å²) < 4.78 is 1.72. The highest BCUT2D eigenvalue weighted by molar-refractivity contribution is 5.83. The fourth-order valence-electron chi connectivity index (χ4n) is 4.01. The van der Waals surface area contributed by atoms with E-state index in [1.807, 2.05) is 49.3 Å². The van der Waals surface area contributed by atoms with Crippen molar-refractivity contribution in [3.05, 3.63) is 46.2 Å². The summed E-state index contributed by atoms with van der Waals surface area (Å²) in [5, 5.41) is 1.08. The van der Waals surface area contributed by atoms with E-state index in [-0.39, 0.29) is 17.5 Å². The Bertz CT molecular complexity index is 875. The second kappa shape index (κ2) is 6.28. The number of likely N-dealkylation sites (N-methyl/N-ethyl adjacent to an activating group) is 1. The minimum absolute atomic E-state index is 0.0493. The van der Waals surface area contributed by atoms with Gasteiger partial charge >= 0.3 is 0 Å². The summed E-state index contributed by atoms with van der Waals surface area (Å²) in [6.45, 7) is 4.82. The van der Waals surface area contributed by atoms with Crippen LogP contribution in [-0.4, -0.2) is 71.0 Å². The van der Waals surface area contributed by atoms with Gasteiger partial charge in [-0.2, -0.15) is 0 Å². The van der Waals surface area contributed by atoms with E-state index in [1.54, 1.807) is 4.57 Å². The van der Waals surface area contributed by atoms with Crippen LogP contribution >= 0.6 is 0 Å². The first-order chi connectivity index (χ1) is 12.0. The molecule has 1 atom stereocenters. The average Bonchev–Trinajstić information content (AvgIpc) is 2.63. The fourth-order valence-corrected chi connectivity index (χ4v) is 4.01. The smallest absolute Gasteiger partial charge is 0.255 e. The van der Waals surface area contributed by atoms with E-state index in [0.29, 0.717) is 13.1 Å². The van der Waals surface area contributed by atoms with Crippen molar-refractivity contribution in [1.82, 2.24) is 19.3 Å². The van der Waals surface area contributed by atoms with E-state index in [2.05, 4.69) is 9.80 Å². The highest BCUT2D eigenvalue weighted by atomic mass is 16.2. The Kier molecular flexibility index (Phi) is 4.09. The summed E-state index contributed by atoms with van der Waals surface area (Å²) in [6, 6.07) is 9.87. The van der Waals surface area contributed by atoms with Crippen molar-refractivity contribution in [2.24, 2.45) is 7.05 Å². The van der Waals surface area contributed by atoms with Crippen molar-refractivity contribution in [3.63, 3.8) is 0 Å². The van der Waals surface area contributed by atoms with Crippen molar-refractivity contribution in [3.8, 4) is 0 Å². The third-order valence-corrected chi connectivity index (χ3v) is 5.56. The molecule has 132 valence electrons. The molecule has 2 fully saturated rings. The van der Waals surface area contributed by atoms with Gasteiger partial charge in [0.25, 0.3) is 5.56 Å². The summed E-state index contributed by atoms with van der Waals surface area (Å²) >= 11 is 0. The third kappa shape index (κ3) is 2.85. The number of rotatable bonds is 2. The number of fused-ring (bicyclic) bond motifs is 2. The lowest BCUT2D eigenvalue weighted by molar-refractivity contribution is -0.143. The van der Waals surface area contributed by atoms with Crippen LogP contribution in [0.4, 0.5) is 0 Å². The molecule has 2 aromatic rings. The number of benzene rings is 1. The van der Waals surface area contributed by atoms with Gasteiger partial charge in [0, 0.05) is 58.9 Å². The number of carbonyl (C=O) groups is 1. The van der Waals surface area contributed by atoms with E-state index in [4.69, 9.17) is 0 Å². The van der Waals surface area contributed by atoms with Gasteiger partial charge in [-0.3, -0.25) is 19.4 Å². The Morgan fingerprint density at radius 1 is 1.04 bits per heavy atom. The van der Waals surface area contributed by atoms with Gasteiger partial charge in [-0.05, 0) is 17.5 Å². The molecular weight excluding hydrogens is 316 g/mol. The lowest BCUT2D eigenvalue weighted by atomic mass is 10.1. The monoisotopic (exact) mass is 340 g/mol. The van der Waals surface area contributed by atoms with Crippen molar-refractivity contribution in [1.29, 1.82) is 0 Å². The standard InChI is InChI=1S/C19H24N4O2/c1-20-7-9-23-10-8-22(13-17(23)19(20)25)12-15-11-14-5-3-4-6-16(14)21(2)18(15)24/h3-6,11,17H,7-10,12-13H2,1-2H3/t17-/m1/s1. The molecule has 0 saturated carbocycles. The molecule has 0 bridgehead atoms. The first-order valence-electron chi connectivity index (χ1n) is 8.83. The number of piperazine rings is 2. The molecule has 0 N–H and O–H groups in total. The van der Waals surface area contributed by atoms with Crippen LogP contribution in [0.1, 0.15) is 5.56 Å². The maximum atomic E-state index is 12.7. The van der Waals surface area contributed by atoms with Crippen LogP contribution in [-0.2, 0) is 18.4 Å². The van der Waals surface area contributed by atoms with Crippen molar-refractivity contribution < 1.29 is 4.79 Å². The minimum atomic E-state index is -0.0724. The van der Waals surface area contributed by atoms with Crippen LogP contribution in [0.15, 0.2) is 35.1 Å². The quantitative estimate of drug-likeness (QED) is 0.799. The molecule has 1 aromatic carbocycles. The van der Waals surface area contributed by atoms with Crippen molar-refractivity contribution in [2.45, 2.75) is 12.6 Å². The Hall–Kier alpha value is -2.18. The SMILES string of the molecule is CN1CCN2CCN(Cc3cc4ccccc4n(C)c3=O)C[C@@H]2C1=O. The minimum Gasteiger partial charge on any atom is -0.343 e. The van der Waals surface area contributed by atoms with Gasteiger partial charge in [-0.25, -0.2) is 0 Å². The average molecular weight is 340 g/mol. The number of hydrogen-bond donors (Lipinski definition) is 0. The van der Waals surface area contributed by atoms with E-state index in [9.17, 15) is 9.59 Å². The topological polar surface area (TPSA) is 48.8 Å². The van der Waals surface area contributed by atoms with Gasteiger partial charge < -0.3 is 9.47 Å². The predicted molar refractivity (Wildman–Crippen MR) is 97.5 cm³/mol. The van der Waals surface area contributed by atoms with Crippen LogP contribution < -0.4 is 5.56 Å². The molecule has 2 aliphatic heterocycles. The van der Waals surface area contributed by atoms with E-state index in [0.717, 1.165) is 42.6 Å². The van der Waals surface area contributed by atoms with Gasteiger partial charge in [0.15, 0.2) is 0 Å². The Labute approximate surface area is 147 Å². The number of carbonyl (C=O) groups excluding carboxylic acids is 1. The molecular formula is C19H24N4O2. The summed E-state index contributed by atoms with van der Waals surface area (Å²) in [7, 11) is 3.70. The first kappa shape index (κ1) is 16.3. The number of para-hydroxylation sites is 1. The van der Waals surface area contributed by atoms with Gasteiger partial charge in [0.05, 0.1) is 5.52 Å². The summed E-state index contributed by atoms with van der Waals surface area (Å²) in [6.07, 6.45) is 0. The Morgan fingerprint density at radius 3 is 2.64 bits per heavy atom. The molecule has 6 heteroatoms. The maximum absolute atomic E-state index is 12.7.